The molecule has 5 nitrogen and oxygen atoms in total. The zero-order valence-corrected chi connectivity index (χ0v) is 12.5. The third kappa shape index (κ3) is 2.43. The number of hydrogen-bond donors (Lipinski definition) is 1. The number of benzene rings is 1. The van der Waals surface area contributed by atoms with Crippen LogP contribution in [0.25, 0.3) is 5.78 Å². The van der Waals surface area contributed by atoms with E-state index in [-0.39, 0.29) is 11.7 Å². The minimum absolute atomic E-state index is 0.288. The maximum Gasteiger partial charge on any atom is 0.259 e. The zero-order valence-electron chi connectivity index (χ0n) is 12.5. The summed E-state index contributed by atoms with van der Waals surface area (Å²) in [6.07, 6.45) is 3.33. The maximum absolute atomic E-state index is 13.3. The Morgan fingerprint density at radius 1 is 1.27 bits per heavy atom. The molecule has 2 aromatic heterocycles. The van der Waals surface area contributed by atoms with Gasteiger partial charge in [-0.15, -0.1) is 0 Å². The Kier molecular flexibility index (Phi) is 3.36. The number of anilines is 1. The molecule has 22 heavy (non-hydrogen) atoms. The van der Waals surface area contributed by atoms with Crippen molar-refractivity contribution in [1.82, 2.24) is 14.4 Å². The van der Waals surface area contributed by atoms with E-state index in [9.17, 15) is 9.18 Å². The second kappa shape index (κ2) is 5.22. The fraction of sp³-hybridized carbons (Fsp3) is 0.188. The van der Waals surface area contributed by atoms with Crippen LogP contribution in [-0.4, -0.2) is 20.3 Å². The number of aromatic nitrogens is 3. The van der Waals surface area contributed by atoms with Crippen LogP contribution in [0.1, 0.15) is 27.3 Å². The highest BCUT2D eigenvalue weighted by molar-refractivity contribution is 6.05. The molecule has 0 radical (unpaired) electrons. The number of imidazole rings is 1. The number of nitrogens with zero attached hydrogens (tertiary/aromatic N) is 3. The van der Waals surface area contributed by atoms with E-state index in [0.717, 1.165) is 11.4 Å². The van der Waals surface area contributed by atoms with Gasteiger partial charge in [0.05, 0.1) is 11.3 Å². The van der Waals surface area contributed by atoms with Gasteiger partial charge in [0, 0.05) is 23.8 Å². The molecule has 1 aromatic carbocycles. The molecular weight excluding hydrogens is 283 g/mol. The molecule has 3 rings (SSSR count). The number of aryl methyl sites for hydroxylation is 3. The summed E-state index contributed by atoms with van der Waals surface area (Å²) < 4.78 is 15.0. The first-order valence-corrected chi connectivity index (χ1v) is 6.84. The van der Waals surface area contributed by atoms with Crippen molar-refractivity contribution >= 4 is 17.4 Å². The van der Waals surface area contributed by atoms with Gasteiger partial charge in [-0.3, -0.25) is 9.20 Å². The average molecular weight is 298 g/mol. The number of nitrogens with one attached hydrogen (secondary N) is 1. The zero-order chi connectivity index (χ0) is 15.9. The van der Waals surface area contributed by atoms with Gasteiger partial charge >= 0.3 is 0 Å². The topological polar surface area (TPSA) is 59.3 Å². The number of carbonyl (C=O) groups excluding carboxylic acids is 1. The van der Waals surface area contributed by atoms with Crippen molar-refractivity contribution in [2.75, 3.05) is 5.32 Å². The lowest BCUT2D eigenvalue weighted by Crippen LogP contribution is -2.15. The molecule has 0 atom stereocenters. The van der Waals surface area contributed by atoms with Crippen LogP contribution in [0.3, 0.4) is 0 Å². The van der Waals surface area contributed by atoms with Crippen molar-refractivity contribution in [3.63, 3.8) is 0 Å². The number of rotatable bonds is 2. The second-order valence-electron chi connectivity index (χ2n) is 5.23. The van der Waals surface area contributed by atoms with Crippen LogP contribution in [0.4, 0.5) is 10.1 Å². The second-order valence-corrected chi connectivity index (χ2v) is 5.23. The molecule has 0 aliphatic rings. The molecule has 0 spiro atoms. The molecule has 0 saturated heterocycles. The summed E-state index contributed by atoms with van der Waals surface area (Å²) in [6, 6.07) is 4.46. The molecule has 0 aliphatic heterocycles. The largest absolute Gasteiger partial charge is 0.322 e. The minimum atomic E-state index is -0.300. The van der Waals surface area contributed by atoms with E-state index in [1.807, 2.05) is 20.0 Å². The maximum atomic E-state index is 13.3. The van der Waals surface area contributed by atoms with Crippen molar-refractivity contribution in [3.05, 3.63) is 58.9 Å². The van der Waals surface area contributed by atoms with Gasteiger partial charge in [0.25, 0.3) is 5.91 Å². The van der Waals surface area contributed by atoms with E-state index in [1.165, 1.54) is 18.3 Å². The van der Waals surface area contributed by atoms with E-state index in [2.05, 4.69) is 15.3 Å². The molecule has 0 fully saturated rings. The molecule has 2 heterocycles. The van der Waals surface area contributed by atoms with Gasteiger partial charge in [-0.25, -0.2) is 14.4 Å². The first-order chi connectivity index (χ1) is 10.5. The summed E-state index contributed by atoms with van der Waals surface area (Å²) in [5.41, 5.74) is 3.06. The van der Waals surface area contributed by atoms with Crippen LogP contribution in [0.15, 0.2) is 30.6 Å². The summed E-state index contributed by atoms with van der Waals surface area (Å²) in [4.78, 5) is 20.8. The van der Waals surface area contributed by atoms with E-state index >= 15 is 0 Å². The fourth-order valence-corrected chi connectivity index (χ4v) is 2.31. The number of halogens is 1. The Hall–Kier alpha value is -2.76. The van der Waals surface area contributed by atoms with Crippen LogP contribution in [0.2, 0.25) is 0 Å². The summed E-state index contributed by atoms with van der Waals surface area (Å²) in [5.74, 6) is -0.0282. The summed E-state index contributed by atoms with van der Waals surface area (Å²) in [7, 11) is 0. The highest BCUT2D eigenvalue weighted by Gasteiger charge is 2.14. The van der Waals surface area contributed by atoms with Crippen LogP contribution in [0.5, 0.6) is 0 Å². The normalized spacial score (nSPS) is 10.9. The predicted molar refractivity (Wildman–Crippen MR) is 81.6 cm³/mol. The molecule has 0 saturated carbocycles. The van der Waals surface area contributed by atoms with Gasteiger partial charge in [0.1, 0.15) is 5.82 Å². The Balaban J connectivity index is 1.94. The van der Waals surface area contributed by atoms with Crippen molar-refractivity contribution < 1.29 is 9.18 Å². The fourth-order valence-electron chi connectivity index (χ4n) is 2.31. The Bertz CT molecular complexity index is 885. The molecule has 6 heteroatoms. The van der Waals surface area contributed by atoms with Gasteiger partial charge in [-0.05, 0) is 44.5 Å². The third-order valence-corrected chi connectivity index (χ3v) is 3.53. The first-order valence-electron chi connectivity index (χ1n) is 6.84. The minimum Gasteiger partial charge on any atom is -0.322 e. The first kappa shape index (κ1) is 14.2. The molecule has 1 N–H and O–H groups in total. The molecule has 3 aromatic rings. The lowest BCUT2D eigenvalue weighted by molar-refractivity contribution is 0.102. The lowest BCUT2D eigenvalue weighted by atomic mass is 10.2. The predicted octanol–water partition coefficient (Wildman–Crippen LogP) is 3.05. The van der Waals surface area contributed by atoms with Gasteiger partial charge in [0.15, 0.2) is 0 Å². The van der Waals surface area contributed by atoms with Crippen LogP contribution >= 0.6 is 0 Å². The van der Waals surface area contributed by atoms with Crippen molar-refractivity contribution in [2.24, 2.45) is 0 Å². The Morgan fingerprint density at radius 3 is 2.77 bits per heavy atom. The van der Waals surface area contributed by atoms with E-state index in [1.54, 1.807) is 17.4 Å². The molecular formula is C16H15FN4O. The van der Waals surface area contributed by atoms with Crippen LogP contribution < -0.4 is 5.32 Å². The standard InChI is InChI=1S/C16H15FN4O/c1-9-6-12(4-5-14(9)17)20-15(22)13-7-18-16-19-10(2)8-21(16)11(13)3/h4-8H,1-3H3,(H,20,22). The van der Waals surface area contributed by atoms with E-state index < -0.39 is 0 Å². The highest BCUT2D eigenvalue weighted by atomic mass is 19.1. The molecule has 1 amide bonds. The van der Waals surface area contributed by atoms with Crippen LogP contribution in [-0.2, 0) is 0 Å². The van der Waals surface area contributed by atoms with Crippen LogP contribution in [0, 0.1) is 26.6 Å². The van der Waals surface area contributed by atoms with Gasteiger partial charge < -0.3 is 5.32 Å². The lowest BCUT2D eigenvalue weighted by Gasteiger charge is -2.09. The molecule has 0 aliphatic carbocycles. The highest BCUT2D eigenvalue weighted by Crippen LogP contribution is 2.16. The smallest absolute Gasteiger partial charge is 0.259 e. The SMILES string of the molecule is Cc1cn2c(C)c(C(=O)Nc3ccc(F)c(C)c3)cnc2n1. The third-order valence-electron chi connectivity index (χ3n) is 3.53. The average Bonchev–Trinajstić information content (AvgIpc) is 2.85. The molecule has 112 valence electrons. The van der Waals surface area contributed by atoms with Gasteiger partial charge in [-0.1, -0.05) is 0 Å². The summed E-state index contributed by atoms with van der Waals surface area (Å²) in [5, 5.41) is 2.76. The number of fused-ring (bicyclic) bond motifs is 1. The summed E-state index contributed by atoms with van der Waals surface area (Å²) in [6.45, 7) is 5.36. The quantitative estimate of drug-likeness (QED) is 0.791. The van der Waals surface area contributed by atoms with Gasteiger partial charge in [-0.2, -0.15) is 0 Å². The van der Waals surface area contributed by atoms with E-state index in [4.69, 9.17) is 0 Å². The number of amides is 1. The van der Waals surface area contributed by atoms with Crippen molar-refractivity contribution in [2.45, 2.75) is 20.8 Å². The Labute approximate surface area is 126 Å². The monoisotopic (exact) mass is 298 g/mol. The molecule has 0 unspecified atom stereocenters. The number of hydrogen-bond acceptors (Lipinski definition) is 3. The van der Waals surface area contributed by atoms with Crippen molar-refractivity contribution in [3.8, 4) is 0 Å². The Morgan fingerprint density at radius 2 is 2.05 bits per heavy atom. The summed E-state index contributed by atoms with van der Waals surface area (Å²) >= 11 is 0. The van der Waals surface area contributed by atoms with E-state index in [0.29, 0.717) is 22.6 Å². The molecule has 0 bridgehead atoms. The number of carbonyl (C=O) groups is 1. The van der Waals surface area contributed by atoms with Gasteiger partial charge in [0.2, 0.25) is 5.78 Å². The van der Waals surface area contributed by atoms with Crippen molar-refractivity contribution in [1.29, 1.82) is 0 Å².